The fourth-order valence-electron chi connectivity index (χ4n) is 2.42. The number of likely N-dealkylation sites (N-methyl/N-ethyl adjacent to an activating group) is 1. The highest BCUT2D eigenvalue weighted by molar-refractivity contribution is 5.86. The van der Waals surface area contributed by atoms with Crippen LogP contribution in [0.25, 0.3) is 11.0 Å². The van der Waals surface area contributed by atoms with Crippen molar-refractivity contribution in [3.05, 3.63) is 18.0 Å². The molecule has 0 bridgehead atoms. The summed E-state index contributed by atoms with van der Waals surface area (Å²) in [5, 5.41) is 0. The molecular weight excluding hydrogens is 375 g/mol. The Morgan fingerprint density at radius 1 is 1.12 bits per heavy atom. The SMILES string of the molecule is COc1ccc2c(nc(CCN)n2CCN(C)C)c1OC.Cl.Cl.Cl. The number of hydrogen-bond acceptors (Lipinski definition) is 5. The summed E-state index contributed by atoms with van der Waals surface area (Å²) in [6.07, 6.45) is 0.744. The molecule has 1 heterocycles. The van der Waals surface area contributed by atoms with E-state index in [0.29, 0.717) is 18.0 Å². The lowest BCUT2D eigenvalue weighted by atomic mass is 10.2. The van der Waals surface area contributed by atoms with Gasteiger partial charge in [0.05, 0.1) is 19.7 Å². The number of imidazole rings is 1. The van der Waals surface area contributed by atoms with Crippen LogP contribution in [-0.4, -0.2) is 55.9 Å². The molecule has 0 aliphatic heterocycles. The van der Waals surface area contributed by atoms with E-state index in [4.69, 9.17) is 20.2 Å². The van der Waals surface area contributed by atoms with Gasteiger partial charge in [0.25, 0.3) is 0 Å². The highest BCUT2D eigenvalue weighted by atomic mass is 35.5. The first-order valence-corrected chi connectivity index (χ1v) is 7.07. The molecule has 0 saturated heterocycles. The molecule has 2 N–H and O–H groups in total. The summed E-state index contributed by atoms with van der Waals surface area (Å²) >= 11 is 0. The standard InChI is InChI=1S/C15H24N4O2.3ClH/c1-18(2)9-10-19-11-5-6-12(20-3)15(21-4)14(11)17-13(19)7-8-16;;;/h5-6H,7-10,16H2,1-4H3;3*1H. The summed E-state index contributed by atoms with van der Waals surface area (Å²) < 4.78 is 13.0. The molecule has 0 aliphatic rings. The van der Waals surface area contributed by atoms with E-state index in [-0.39, 0.29) is 37.2 Å². The van der Waals surface area contributed by atoms with Gasteiger partial charge in [-0.1, -0.05) is 0 Å². The predicted octanol–water partition coefficient (Wildman–Crippen LogP) is 2.38. The van der Waals surface area contributed by atoms with Crippen molar-refractivity contribution in [3.63, 3.8) is 0 Å². The van der Waals surface area contributed by atoms with Crippen LogP contribution < -0.4 is 15.2 Å². The van der Waals surface area contributed by atoms with Gasteiger partial charge in [-0.25, -0.2) is 4.98 Å². The number of aromatic nitrogens is 2. The number of hydrogen-bond donors (Lipinski definition) is 1. The number of halogens is 3. The molecule has 0 radical (unpaired) electrons. The lowest BCUT2D eigenvalue weighted by Gasteiger charge is -2.13. The van der Waals surface area contributed by atoms with E-state index in [1.807, 2.05) is 12.1 Å². The second-order valence-corrected chi connectivity index (χ2v) is 5.19. The Hall–Kier alpha value is -0.920. The summed E-state index contributed by atoms with van der Waals surface area (Å²) in [5.41, 5.74) is 7.60. The zero-order valence-electron chi connectivity index (χ0n) is 14.4. The zero-order chi connectivity index (χ0) is 15.4. The number of fused-ring (bicyclic) bond motifs is 1. The Labute approximate surface area is 161 Å². The topological polar surface area (TPSA) is 65.5 Å². The van der Waals surface area contributed by atoms with Crippen LogP contribution in [-0.2, 0) is 13.0 Å². The van der Waals surface area contributed by atoms with Gasteiger partial charge in [-0.2, -0.15) is 0 Å². The van der Waals surface area contributed by atoms with Gasteiger partial charge >= 0.3 is 0 Å². The molecule has 1 aromatic carbocycles. The molecular formula is C15H27Cl3N4O2. The molecule has 6 nitrogen and oxygen atoms in total. The molecule has 2 aromatic rings. The molecule has 0 fully saturated rings. The van der Waals surface area contributed by atoms with Crippen LogP contribution >= 0.6 is 37.2 Å². The number of benzene rings is 1. The fraction of sp³-hybridized carbons (Fsp3) is 0.533. The van der Waals surface area contributed by atoms with E-state index in [1.165, 1.54) is 0 Å². The van der Waals surface area contributed by atoms with Crippen molar-refractivity contribution < 1.29 is 9.47 Å². The Kier molecular flexibility index (Phi) is 12.2. The summed E-state index contributed by atoms with van der Waals surface area (Å²) in [6, 6.07) is 3.95. The maximum absolute atomic E-state index is 5.71. The van der Waals surface area contributed by atoms with E-state index < -0.39 is 0 Å². The van der Waals surface area contributed by atoms with Crippen molar-refractivity contribution in [1.82, 2.24) is 14.5 Å². The fourth-order valence-corrected chi connectivity index (χ4v) is 2.42. The van der Waals surface area contributed by atoms with Gasteiger partial charge < -0.3 is 24.7 Å². The van der Waals surface area contributed by atoms with Crippen LogP contribution in [0.3, 0.4) is 0 Å². The first-order valence-electron chi connectivity index (χ1n) is 7.07. The summed E-state index contributed by atoms with van der Waals surface area (Å²) in [6.45, 7) is 2.39. The Morgan fingerprint density at radius 3 is 2.29 bits per heavy atom. The van der Waals surface area contributed by atoms with Gasteiger partial charge in [0, 0.05) is 19.5 Å². The average molecular weight is 402 g/mol. The Morgan fingerprint density at radius 2 is 1.79 bits per heavy atom. The molecule has 9 heteroatoms. The zero-order valence-corrected chi connectivity index (χ0v) is 16.9. The monoisotopic (exact) mass is 400 g/mol. The van der Waals surface area contributed by atoms with Crippen LogP contribution in [0.5, 0.6) is 11.5 Å². The van der Waals surface area contributed by atoms with Crippen molar-refractivity contribution in [2.45, 2.75) is 13.0 Å². The highest BCUT2D eigenvalue weighted by Crippen LogP contribution is 2.35. The minimum atomic E-state index is 0. The van der Waals surface area contributed by atoms with E-state index in [2.05, 4.69) is 23.6 Å². The molecule has 24 heavy (non-hydrogen) atoms. The highest BCUT2D eigenvalue weighted by Gasteiger charge is 2.17. The van der Waals surface area contributed by atoms with E-state index in [9.17, 15) is 0 Å². The van der Waals surface area contributed by atoms with Crippen LogP contribution in [0.1, 0.15) is 5.82 Å². The average Bonchev–Trinajstić information content (AvgIpc) is 2.81. The van der Waals surface area contributed by atoms with Crippen LogP contribution in [0, 0.1) is 0 Å². The van der Waals surface area contributed by atoms with Crippen LogP contribution in [0.15, 0.2) is 12.1 Å². The molecule has 1 aromatic heterocycles. The quantitative estimate of drug-likeness (QED) is 0.771. The molecule has 2 rings (SSSR count). The van der Waals surface area contributed by atoms with Gasteiger partial charge in [-0.3, -0.25) is 0 Å². The maximum Gasteiger partial charge on any atom is 0.188 e. The van der Waals surface area contributed by atoms with Crippen molar-refractivity contribution in [2.24, 2.45) is 5.73 Å². The lowest BCUT2D eigenvalue weighted by molar-refractivity contribution is 0.358. The van der Waals surface area contributed by atoms with Crippen molar-refractivity contribution in [2.75, 3.05) is 41.4 Å². The normalized spacial score (nSPS) is 9.92. The van der Waals surface area contributed by atoms with Gasteiger partial charge in [-0.15, -0.1) is 37.2 Å². The molecule has 0 aliphatic carbocycles. The van der Waals surface area contributed by atoms with Gasteiger partial charge in [-0.05, 0) is 32.8 Å². The van der Waals surface area contributed by atoms with E-state index in [0.717, 1.165) is 36.4 Å². The van der Waals surface area contributed by atoms with Crippen LogP contribution in [0.4, 0.5) is 0 Å². The Balaban J connectivity index is 0. The van der Waals surface area contributed by atoms with Crippen molar-refractivity contribution in [3.8, 4) is 11.5 Å². The smallest absolute Gasteiger partial charge is 0.188 e. The number of nitrogens with zero attached hydrogens (tertiary/aromatic N) is 3. The van der Waals surface area contributed by atoms with Gasteiger partial charge in [0.2, 0.25) is 0 Å². The second kappa shape index (κ2) is 11.6. The third-order valence-electron chi connectivity index (χ3n) is 3.48. The van der Waals surface area contributed by atoms with Gasteiger partial charge in [0.15, 0.2) is 11.5 Å². The molecule has 0 spiro atoms. The van der Waals surface area contributed by atoms with Crippen molar-refractivity contribution >= 4 is 48.3 Å². The molecule has 0 amide bonds. The maximum atomic E-state index is 5.71. The Bertz CT molecular complexity index is 620. The summed E-state index contributed by atoms with van der Waals surface area (Å²) in [7, 11) is 7.39. The summed E-state index contributed by atoms with van der Waals surface area (Å²) in [4.78, 5) is 6.87. The third-order valence-corrected chi connectivity index (χ3v) is 3.48. The minimum Gasteiger partial charge on any atom is -0.493 e. The van der Waals surface area contributed by atoms with E-state index in [1.54, 1.807) is 14.2 Å². The van der Waals surface area contributed by atoms with E-state index >= 15 is 0 Å². The molecule has 0 atom stereocenters. The molecule has 140 valence electrons. The number of methoxy groups -OCH3 is 2. The second-order valence-electron chi connectivity index (χ2n) is 5.19. The van der Waals surface area contributed by atoms with Crippen LogP contribution in [0.2, 0.25) is 0 Å². The number of ether oxygens (including phenoxy) is 2. The number of rotatable bonds is 7. The lowest BCUT2D eigenvalue weighted by Crippen LogP contribution is -2.20. The predicted molar refractivity (Wildman–Crippen MR) is 106 cm³/mol. The first-order chi connectivity index (χ1) is 10.1. The minimum absolute atomic E-state index is 0. The summed E-state index contributed by atoms with van der Waals surface area (Å²) in [5.74, 6) is 2.36. The molecule has 0 saturated carbocycles. The number of nitrogens with two attached hydrogens (primary N) is 1. The molecule has 0 unspecified atom stereocenters. The van der Waals surface area contributed by atoms with Gasteiger partial charge in [0.1, 0.15) is 11.3 Å². The third kappa shape index (κ3) is 5.29. The first kappa shape index (κ1) is 25.3. The van der Waals surface area contributed by atoms with Crippen molar-refractivity contribution in [1.29, 1.82) is 0 Å². The largest absolute Gasteiger partial charge is 0.493 e.